The topological polar surface area (TPSA) is 94.7 Å². The van der Waals surface area contributed by atoms with Crippen molar-refractivity contribution in [3.05, 3.63) is 81.1 Å². The number of nitrogens with one attached hydrogen (secondary N) is 2. The van der Waals surface area contributed by atoms with Gasteiger partial charge in [-0.05, 0) is 42.8 Å². The summed E-state index contributed by atoms with van der Waals surface area (Å²) in [5.74, 6) is -0.627. The van der Waals surface area contributed by atoms with Crippen molar-refractivity contribution in [1.82, 2.24) is 20.3 Å². The van der Waals surface area contributed by atoms with Gasteiger partial charge < -0.3 is 15.0 Å². The summed E-state index contributed by atoms with van der Waals surface area (Å²) in [4.78, 5) is 41.9. The zero-order valence-electron chi connectivity index (χ0n) is 18.9. The summed E-state index contributed by atoms with van der Waals surface area (Å²) >= 11 is 5.96. The number of hydrogen-bond donors (Lipinski definition) is 2. The van der Waals surface area contributed by atoms with Gasteiger partial charge in [-0.15, -0.1) is 0 Å². The monoisotopic (exact) mass is 482 g/mol. The number of morpholine rings is 1. The third kappa shape index (κ3) is 5.47. The van der Waals surface area contributed by atoms with Crippen molar-refractivity contribution < 1.29 is 14.3 Å². The highest BCUT2D eigenvalue weighted by atomic mass is 35.5. The van der Waals surface area contributed by atoms with Gasteiger partial charge in [0.05, 0.1) is 13.2 Å². The van der Waals surface area contributed by atoms with E-state index in [9.17, 15) is 14.4 Å². The number of hydrogen-bond acceptors (Lipinski definition) is 5. The molecule has 9 heteroatoms. The van der Waals surface area contributed by atoms with Crippen LogP contribution in [0, 0.1) is 0 Å². The Morgan fingerprint density at radius 3 is 2.56 bits per heavy atom. The molecule has 2 aromatic carbocycles. The van der Waals surface area contributed by atoms with Gasteiger partial charge in [0.15, 0.2) is 0 Å². The largest absolute Gasteiger partial charge is 0.379 e. The number of aromatic amines is 1. The summed E-state index contributed by atoms with van der Waals surface area (Å²) in [7, 11) is 0. The minimum absolute atomic E-state index is 0.170. The van der Waals surface area contributed by atoms with Crippen LogP contribution < -0.4 is 10.9 Å². The van der Waals surface area contributed by atoms with E-state index < -0.39 is 6.04 Å². The van der Waals surface area contributed by atoms with Gasteiger partial charge in [-0.3, -0.25) is 19.4 Å². The van der Waals surface area contributed by atoms with E-state index in [1.807, 2.05) is 36.2 Å². The zero-order chi connectivity index (χ0) is 24.1. The fourth-order valence-corrected chi connectivity index (χ4v) is 4.30. The molecular formula is C25H27ClN4O4. The number of fused-ring (bicyclic) bond motifs is 1. The first-order valence-electron chi connectivity index (χ1n) is 11.3. The average Bonchev–Trinajstić information content (AvgIpc) is 2.85. The van der Waals surface area contributed by atoms with Crippen molar-refractivity contribution in [2.24, 2.45) is 0 Å². The minimum atomic E-state index is -0.879. The number of pyridine rings is 1. The number of hydrazine groups is 1. The molecule has 1 aromatic heterocycles. The molecule has 178 valence electrons. The standard InChI is InChI=1S/C25H27ClN4O4/c1-2-30(29-11-13-34-14-12-29)25(33)22(28-24(32)17-7-9-19(26)10-8-17)15-18-16-23(31)27-21-6-4-3-5-20(18)21/h3-10,16,22H,2,11-15H2,1H3,(H,27,31)(H,28,32). The molecule has 0 spiro atoms. The number of carbonyl (C=O) groups is 2. The Balaban J connectivity index is 1.67. The molecule has 1 aliphatic heterocycles. The zero-order valence-corrected chi connectivity index (χ0v) is 19.7. The van der Waals surface area contributed by atoms with Crippen molar-refractivity contribution in [3.63, 3.8) is 0 Å². The molecule has 0 bridgehead atoms. The summed E-state index contributed by atoms with van der Waals surface area (Å²) in [6.45, 7) is 4.58. The highest BCUT2D eigenvalue weighted by Gasteiger charge is 2.30. The molecule has 0 radical (unpaired) electrons. The molecule has 1 unspecified atom stereocenters. The molecule has 8 nitrogen and oxygen atoms in total. The maximum atomic E-state index is 13.7. The normalized spacial score (nSPS) is 15.1. The van der Waals surface area contributed by atoms with Crippen LogP contribution in [0.4, 0.5) is 0 Å². The van der Waals surface area contributed by atoms with Gasteiger partial charge in [-0.25, -0.2) is 5.01 Å². The SMILES string of the molecule is CCN(C(=O)C(Cc1cc(=O)[nH]c2ccccc12)NC(=O)c1ccc(Cl)cc1)N1CCOCC1. The Labute approximate surface area is 202 Å². The average molecular weight is 483 g/mol. The van der Waals surface area contributed by atoms with Crippen molar-refractivity contribution in [1.29, 1.82) is 0 Å². The van der Waals surface area contributed by atoms with E-state index in [0.717, 1.165) is 5.39 Å². The van der Waals surface area contributed by atoms with Gasteiger partial charge in [0.1, 0.15) is 6.04 Å². The van der Waals surface area contributed by atoms with Gasteiger partial charge in [0.2, 0.25) is 5.56 Å². The number of nitrogens with zero attached hydrogens (tertiary/aromatic N) is 2. The molecule has 0 saturated carbocycles. The van der Waals surface area contributed by atoms with Crippen LogP contribution in [0.3, 0.4) is 0 Å². The lowest BCUT2D eigenvalue weighted by Gasteiger charge is -2.38. The van der Waals surface area contributed by atoms with Crippen LogP contribution in [0.1, 0.15) is 22.8 Å². The molecule has 1 fully saturated rings. The number of halogens is 1. The van der Waals surface area contributed by atoms with E-state index >= 15 is 0 Å². The molecule has 1 aliphatic rings. The molecular weight excluding hydrogens is 456 g/mol. The third-order valence-electron chi connectivity index (χ3n) is 5.85. The maximum Gasteiger partial charge on any atom is 0.259 e. The van der Waals surface area contributed by atoms with Crippen LogP contribution in [0.15, 0.2) is 59.4 Å². The van der Waals surface area contributed by atoms with Gasteiger partial charge in [0, 0.05) is 53.6 Å². The van der Waals surface area contributed by atoms with Gasteiger partial charge in [-0.1, -0.05) is 29.8 Å². The molecule has 34 heavy (non-hydrogen) atoms. The second-order valence-electron chi connectivity index (χ2n) is 8.06. The van der Waals surface area contributed by atoms with Crippen LogP contribution in [-0.4, -0.2) is 65.7 Å². The summed E-state index contributed by atoms with van der Waals surface area (Å²) in [6.07, 6.45) is 0.170. The van der Waals surface area contributed by atoms with Crippen LogP contribution >= 0.6 is 11.6 Å². The van der Waals surface area contributed by atoms with E-state index in [-0.39, 0.29) is 23.8 Å². The fraction of sp³-hybridized carbons (Fsp3) is 0.320. The number of likely N-dealkylation sites (N-methyl/N-ethyl adjacent to an activating group) is 1. The van der Waals surface area contributed by atoms with Crippen LogP contribution in [-0.2, 0) is 16.0 Å². The summed E-state index contributed by atoms with van der Waals surface area (Å²) in [5.41, 5.74) is 1.50. The lowest BCUT2D eigenvalue weighted by atomic mass is 10.0. The Hall–Kier alpha value is -3.20. The van der Waals surface area contributed by atoms with Crippen molar-refractivity contribution >= 4 is 34.3 Å². The number of ether oxygens (including phenoxy) is 1. The Kier molecular flexibility index (Phi) is 7.62. The summed E-state index contributed by atoms with van der Waals surface area (Å²) in [5, 5.41) is 7.85. The van der Waals surface area contributed by atoms with E-state index in [1.165, 1.54) is 6.07 Å². The highest BCUT2D eigenvalue weighted by Crippen LogP contribution is 2.18. The number of amides is 2. The highest BCUT2D eigenvalue weighted by molar-refractivity contribution is 6.30. The predicted molar refractivity (Wildman–Crippen MR) is 131 cm³/mol. The lowest BCUT2D eigenvalue weighted by Crippen LogP contribution is -2.57. The van der Waals surface area contributed by atoms with Crippen molar-refractivity contribution in [2.45, 2.75) is 19.4 Å². The fourth-order valence-electron chi connectivity index (χ4n) is 4.18. The van der Waals surface area contributed by atoms with E-state index in [0.29, 0.717) is 54.5 Å². The smallest absolute Gasteiger partial charge is 0.259 e. The lowest BCUT2D eigenvalue weighted by molar-refractivity contribution is -0.158. The molecule has 4 rings (SSSR count). The summed E-state index contributed by atoms with van der Waals surface area (Å²) < 4.78 is 5.43. The first-order chi connectivity index (χ1) is 16.5. The number of aromatic nitrogens is 1. The molecule has 2 heterocycles. The molecule has 0 aliphatic carbocycles. The van der Waals surface area contributed by atoms with Crippen LogP contribution in [0.5, 0.6) is 0 Å². The van der Waals surface area contributed by atoms with Gasteiger partial charge in [0.25, 0.3) is 11.8 Å². The quantitative estimate of drug-likeness (QED) is 0.540. The Bertz CT molecular complexity index is 1220. The van der Waals surface area contributed by atoms with Gasteiger partial charge in [-0.2, -0.15) is 0 Å². The number of carbonyl (C=O) groups excluding carboxylic acids is 2. The predicted octanol–water partition coefficient (Wildman–Crippen LogP) is 2.62. The molecule has 1 atom stereocenters. The van der Waals surface area contributed by atoms with E-state index in [1.54, 1.807) is 29.3 Å². The molecule has 2 N–H and O–H groups in total. The Morgan fingerprint density at radius 2 is 1.85 bits per heavy atom. The molecule has 1 saturated heterocycles. The summed E-state index contributed by atoms with van der Waals surface area (Å²) in [6, 6.07) is 14.5. The third-order valence-corrected chi connectivity index (χ3v) is 6.10. The maximum absolute atomic E-state index is 13.7. The molecule has 2 amide bonds. The van der Waals surface area contributed by atoms with Crippen LogP contribution in [0.25, 0.3) is 10.9 Å². The second kappa shape index (κ2) is 10.8. The molecule has 3 aromatic rings. The number of H-pyrrole nitrogens is 1. The first-order valence-corrected chi connectivity index (χ1v) is 11.7. The van der Waals surface area contributed by atoms with Gasteiger partial charge >= 0.3 is 0 Å². The second-order valence-corrected chi connectivity index (χ2v) is 8.50. The van der Waals surface area contributed by atoms with E-state index in [2.05, 4.69) is 10.3 Å². The van der Waals surface area contributed by atoms with E-state index in [4.69, 9.17) is 16.3 Å². The number of para-hydroxylation sites is 1. The number of benzene rings is 2. The Morgan fingerprint density at radius 1 is 1.15 bits per heavy atom. The van der Waals surface area contributed by atoms with Crippen LogP contribution in [0.2, 0.25) is 5.02 Å². The van der Waals surface area contributed by atoms with Crippen molar-refractivity contribution in [3.8, 4) is 0 Å². The minimum Gasteiger partial charge on any atom is -0.379 e. The van der Waals surface area contributed by atoms with Crippen molar-refractivity contribution in [2.75, 3.05) is 32.8 Å². The number of rotatable bonds is 7. The first kappa shape index (κ1) is 23.9.